The van der Waals surface area contributed by atoms with Gasteiger partial charge in [0.25, 0.3) is 5.91 Å². The highest BCUT2D eigenvalue weighted by Crippen LogP contribution is 2.29. The number of benzene rings is 1. The Bertz CT molecular complexity index is 745. The lowest BCUT2D eigenvalue weighted by atomic mass is 10.00. The molecule has 1 aromatic heterocycles. The van der Waals surface area contributed by atoms with Gasteiger partial charge in [-0.15, -0.1) is 0 Å². The molecule has 1 aliphatic heterocycles. The maximum Gasteiger partial charge on any atom is 0.256 e. The van der Waals surface area contributed by atoms with Gasteiger partial charge in [-0.2, -0.15) is 0 Å². The zero-order valence-corrected chi connectivity index (χ0v) is 13.1. The molecule has 0 fully saturated rings. The molecular weight excluding hydrogens is 296 g/mol. The van der Waals surface area contributed by atoms with Crippen LogP contribution in [0.15, 0.2) is 30.6 Å². The summed E-state index contributed by atoms with van der Waals surface area (Å²) in [5, 5.41) is 9.82. The molecule has 6 heteroatoms. The number of carbonyl (C=O) groups is 1. The zero-order valence-electron chi connectivity index (χ0n) is 13.1. The van der Waals surface area contributed by atoms with Gasteiger partial charge in [0.05, 0.1) is 26.0 Å². The number of aromatic hydroxyl groups is 1. The van der Waals surface area contributed by atoms with Crippen LogP contribution in [0.5, 0.6) is 17.2 Å². The van der Waals surface area contributed by atoms with Gasteiger partial charge in [0.1, 0.15) is 17.2 Å². The molecule has 2 aromatic rings. The lowest BCUT2D eigenvalue weighted by Gasteiger charge is -2.29. The summed E-state index contributed by atoms with van der Waals surface area (Å²) in [5.41, 5.74) is 2.03. The zero-order chi connectivity index (χ0) is 16.4. The molecule has 0 saturated carbocycles. The molecule has 6 nitrogen and oxygen atoms in total. The summed E-state index contributed by atoms with van der Waals surface area (Å²) in [5.74, 6) is 1.33. The fraction of sp³-hybridized carbons (Fsp3) is 0.294. The van der Waals surface area contributed by atoms with Crippen LogP contribution in [-0.2, 0) is 13.0 Å². The van der Waals surface area contributed by atoms with E-state index in [2.05, 4.69) is 4.98 Å². The summed E-state index contributed by atoms with van der Waals surface area (Å²) in [4.78, 5) is 18.2. The Kier molecular flexibility index (Phi) is 4.06. The summed E-state index contributed by atoms with van der Waals surface area (Å²) in [6.07, 6.45) is 3.48. The first-order valence-electron chi connectivity index (χ1n) is 7.30. The third kappa shape index (κ3) is 2.79. The van der Waals surface area contributed by atoms with Gasteiger partial charge in [0.2, 0.25) is 0 Å². The summed E-state index contributed by atoms with van der Waals surface area (Å²) < 4.78 is 10.6. The van der Waals surface area contributed by atoms with Gasteiger partial charge < -0.3 is 19.5 Å². The number of hydrogen-bond acceptors (Lipinski definition) is 5. The van der Waals surface area contributed by atoms with Gasteiger partial charge in [-0.1, -0.05) is 0 Å². The van der Waals surface area contributed by atoms with E-state index < -0.39 is 0 Å². The third-order valence-corrected chi connectivity index (χ3v) is 4.04. The largest absolute Gasteiger partial charge is 0.506 e. The number of fused-ring (bicyclic) bond motifs is 1. The molecule has 0 saturated heterocycles. The molecule has 120 valence electrons. The van der Waals surface area contributed by atoms with Crippen LogP contribution in [0.1, 0.15) is 21.5 Å². The van der Waals surface area contributed by atoms with Gasteiger partial charge in [0, 0.05) is 36.5 Å². The van der Waals surface area contributed by atoms with Crippen molar-refractivity contribution in [2.24, 2.45) is 0 Å². The summed E-state index contributed by atoms with van der Waals surface area (Å²) in [6, 6.07) is 5.53. The Balaban J connectivity index is 1.86. The van der Waals surface area contributed by atoms with Crippen LogP contribution in [0, 0.1) is 0 Å². The molecule has 0 spiro atoms. The smallest absolute Gasteiger partial charge is 0.256 e. The Morgan fingerprint density at radius 3 is 2.83 bits per heavy atom. The van der Waals surface area contributed by atoms with Crippen molar-refractivity contribution in [3.05, 3.63) is 47.3 Å². The third-order valence-electron chi connectivity index (χ3n) is 4.04. The maximum atomic E-state index is 12.6. The SMILES string of the molecule is COc1ccc(CN2CCc3c(O)cncc3C2=O)c(OC)c1. The molecule has 1 amide bonds. The van der Waals surface area contributed by atoms with E-state index in [1.165, 1.54) is 12.4 Å². The highest BCUT2D eigenvalue weighted by atomic mass is 16.5. The van der Waals surface area contributed by atoms with Crippen LogP contribution in [0.2, 0.25) is 0 Å². The van der Waals surface area contributed by atoms with E-state index in [0.717, 1.165) is 5.56 Å². The van der Waals surface area contributed by atoms with Crippen molar-refractivity contribution in [2.75, 3.05) is 20.8 Å². The number of aromatic nitrogens is 1. The van der Waals surface area contributed by atoms with Crippen LogP contribution in [0.4, 0.5) is 0 Å². The number of hydrogen-bond donors (Lipinski definition) is 1. The second kappa shape index (κ2) is 6.16. The fourth-order valence-electron chi connectivity index (χ4n) is 2.78. The Morgan fingerprint density at radius 1 is 1.26 bits per heavy atom. The molecule has 1 N–H and O–H groups in total. The average Bonchev–Trinajstić information content (AvgIpc) is 2.58. The van der Waals surface area contributed by atoms with Crippen LogP contribution < -0.4 is 9.47 Å². The molecule has 0 bridgehead atoms. The second-order valence-electron chi connectivity index (χ2n) is 5.34. The van der Waals surface area contributed by atoms with E-state index in [4.69, 9.17) is 9.47 Å². The molecule has 1 aliphatic rings. The number of ether oxygens (including phenoxy) is 2. The molecule has 0 atom stereocenters. The highest BCUT2D eigenvalue weighted by Gasteiger charge is 2.27. The molecule has 23 heavy (non-hydrogen) atoms. The Hall–Kier alpha value is -2.76. The van der Waals surface area contributed by atoms with E-state index in [1.54, 1.807) is 25.2 Å². The first kappa shape index (κ1) is 15.1. The summed E-state index contributed by atoms with van der Waals surface area (Å²) in [6.45, 7) is 0.972. The van der Waals surface area contributed by atoms with Crippen LogP contribution in [-0.4, -0.2) is 41.7 Å². The van der Waals surface area contributed by atoms with E-state index in [0.29, 0.717) is 42.1 Å². The number of amides is 1. The van der Waals surface area contributed by atoms with Crippen LogP contribution in [0.3, 0.4) is 0 Å². The lowest BCUT2D eigenvalue weighted by molar-refractivity contribution is 0.0723. The number of rotatable bonds is 4. The predicted octanol–water partition coefficient (Wildman–Crippen LogP) is 2.00. The topological polar surface area (TPSA) is 71.9 Å². The quantitative estimate of drug-likeness (QED) is 0.934. The van der Waals surface area contributed by atoms with Crippen molar-refractivity contribution < 1.29 is 19.4 Å². The van der Waals surface area contributed by atoms with Crippen molar-refractivity contribution >= 4 is 5.91 Å². The minimum absolute atomic E-state index is 0.0810. The minimum Gasteiger partial charge on any atom is -0.506 e. The first-order valence-corrected chi connectivity index (χ1v) is 7.30. The van der Waals surface area contributed by atoms with Crippen LogP contribution in [0.25, 0.3) is 0 Å². The second-order valence-corrected chi connectivity index (χ2v) is 5.34. The van der Waals surface area contributed by atoms with E-state index >= 15 is 0 Å². The average molecular weight is 314 g/mol. The highest BCUT2D eigenvalue weighted by molar-refractivity contribution is 5.97. The lowest BCUT2D eigenvalue weighted by Crippen LogP contribution is -2.37. The van der Waals surface area contributed by atoms with E-state index in [1.807, 2.05) is 12.1 Å². The van der Waals surface area contributed by atoms with Gasteiger partial charge >= 0.3 is 0 Å². The molecular formula is C17H18N2O4. The van der Waals surface area contributed by atoms with E-state index in [9.17, 15) is 9.90 Å². The van der Waals surface area contributed by atoms with Crippen molar-refractivity contribution in [2.45, 2.75) is 13.0 Å². The van der Waals surface area contributed by atoms with Crippen molar-refractivity contribution in [3.8, 4) is 17.2 Å². The number of nitrogens with zero attached hydrogens (tertiary/aromatic N) is 2. The molecule has 3 rings (SSSR count). The standard InChI is InChI=1S/C17H18N2O4/c1-22-12-4-3-11(16(7-12)23-2)10-19-6-5-13-14(17(19)21)8-18-9-15(13)20/h3-4,7-9,20H,5-6,10H2,1-2H3. The van der Waals surface area contributed by atoms with Crippen LogP contribution >= 0.6 is 0 Å². The fourth-order valence-corrected chi connectivity index (χ4v) is 2.78. The normalized spacial score (nSPS) is 13.7. The Labute approximate surface area is 134 Å². The van der Waals surface area contributed by atoms with E-state index in [-0.39, 0.29) is 11.7 Å². The summed E-state index contributed by atoms with van der Waals surface area (Å²) >= 11 is 0. The number of carbonyl (C=O) groups excluding carboxylic acids is 1. The minimum atomic E-state index is -0.132. The maximum absolute atomic E-state index is 12.6. The molecule has 0 radical (unpaired) electrons. The molecule has 2 heterocycles. The van der Waals surface area contributed by atoms with Gasteiger partial charge in [0.15, 0.2) is 0 Å². The molecule has 0 unspecified atom stereocenters. The molecule has 0 aliphatic carbocycles. The summed E-state index contributed by atoms with van der Waals surface area (Å²) in [7, 11) is 3.19. The predicted molar refractivity (Wildman–Crippen MR) is 83.9 cm³/mol. The Morgan fingerprint density at radius 2 is 2.09 bits per heavy atom. The van der Waals surface area contributed by atoms with Crippen molar-refractivity contribution in [3.63, 3.8) is 0 Å². The van der Waals surface area contributed by atoms with Gasteiger partial charge in [-0.05, 0) is 18.6 Å². The molecule has 1 aromatic carbocycles. The van der Waals surface area contributed by atoms with Crippen molar-refractivity contribution in [1.82, 2.24) is 9.88 Å². The monoisotopic (exact) mass is 314 g/mol. The first-order chi connectivity index (χ1) is 11.1. The number of methoxy groups -OCH3 is 2. The number of pyridine rings is 1. The van der Waals surface area contributed by atoms with Gasteiger partial charge in [-0.25, -0.2) is 0 Å². The van der Waals surface area contributed by atoms with Gasteiger partial charge in [-0.3, -0.25) is 9.78 Å². The van der Waals surface area contributed by atoms with Crippen molar-refractivity contribution in [1.29, 1.82) is 0 Å².